The third-order valence-corrected chi connectivity index (χ3v) is 22.8. The van der Waals surface area contributed by atoms with Crippen molar-refractivity contribution in [2.24, 2.45) is 5.41 Å². The molecule has 3 unspecified atom stereocenters. The highest BCUT2D eigenvalue weighted by Crippen LogP contribution is 2.68. The molecule has 82 heavy (non-hydrogen) atoms. The molecule has 0 N–H and O–H groups in total. The number of furan rings is 1. The molecule has 0 radical (unpaired) electrons. The quantitative estimate of drug-likeness (QED) is 0.160. The Hall–Kier alpha value is -6.78. The Labute approximate surface area is 489 Å². The molecule has 3 atom stereocenters. The number of para-hydroxylation sites is 2. The molecule has 1 fully saturated rings. The topological polar surface area (TPSA) is 19.6 Å². The van der Waals surface area contributed by atoms with Gasteiger partial charge in [0.1, 0.15) is 5.58 Å². The van der Waals surface area contributed by atoms with Crippen molar-refractivity contribution in [3.63, 3.8) is 0 Å². The Morgan fingerprint density at radius 2 is 1.16 bits per heavy atom. The van der Waals surface area contributed by atoms with Crippen LogP contribution in [0.1, 0.15) is 197 Å². The van der Waals surface area contributed by atoms with Crippen LogP contribution in [-0.2, 0) is 32.5 Å². The maximum Gasteiger partial charge on any atom is 0.247 e. The maximum absolute atomic E-state index is 7.08. The minimum absolute atomic E-state index is 0.0106. The Morgan fingerprint density at radius 1 is 0.524 bits per heavy atom. The summed E-state index contributed by atoms with van der Waals surface area (Å²) in [6, 6.07) is 57.7. The Morgan fingerprint density at radius 3 is 1.89 bits per heavy atom. The van der Waals surface area contributed by atoms with E-state index in [1.807, 2.05) is 0 Å². The second-order valence-electron chi connectivity index (χ2n) is 30.6. The normalized spacial score (nSPS) is 22.9. The van der Waals surface area contributed by atoms with Crippen LogP contribution >= 0.6 is 0 Å². The van der Waals surface area contributed by atoms with Gasteiger partial charge in [-0.25, -0.2) is 0 Å². The maximum atomic E-state index is 7.08. The van der Waals surface area contributed by atoms with E-state index in [0.29, 0.717) is 5.92 Å². The summed E-state index contributed by atoms with van der Waals surface area (Å²) in [4.78, 5) is 5.34. The van der Waals surface area contributed by atoms with Gasteiger partial charge < -0.3 is 14.2 Å². The van der Waals surface area contributed by atoms with E-state index in [9.17, 15) is 0 Å². The van der Waals surface area contributed by atoms with E-state index in [0.717, 1.165) is 58.3 Å². The number of nitrogens with zero attached hydrogens (tertiary/aromatic N) is 2. The van der Waals surface area contributed by atoms with Crippen LogP contribution in [0, 0.1) is 12.3 Å². The average molecular weight is 1080 g/mol. The van der Waals surface area contributed by atoms with E-state index in [2.05, 4.69) is 252 Å². The average Bonchev–Trinajstić information content (AvgIpc) is 2.33. The SMILES string of the molecule is Cc1cc2c3c(c1)N(c1cc4c(cc1-c1ccccc1)C(C)(C)CCC4(C)C)c1cc(N(c4ccc5c(c4)C(C)(C)CCC5(C)C)c4cccc5c4oc4ccccc45)ccc1B3c1cc(C(C)(C)C)cc3c1C2C1(C)CCCCC31C. The van der Waals surface area contributed by atoms with Crippen molar-refractivity contribution in [2.75, 3.05) is 9.80 Å². The van der Waals surface area contributed by atoms with Gasteiger partial charge in [-0.3, -0.25) is 0 Å². The summed E-state index contributed by atoms with van der Waals surface area (Å²) in [7, 11) is 0. The summed E-state index contributed by atoms with van der Waals surface area (Å²) < 4.78 is 7.08. The smallest absolute Gasteiger partial charge is 0.247 e. The van der Waals surface area contributed by atoms with Gasteiger partial charge in [0.2, 0.25) is 6.71 Å². The third kappa shape index (κ3) is 7.21. The fraction of sp³-hybridized carbons (Fsp3) is 0.385. The lowest BCUT2D eigenvalue weighted by Gasteiger charge is -2.51. The molecule has 0 saturated heterocycles. The summed E-state index contributed by atoms with van der Waals surface area (Å²) in [5.41, 5.74) is 29.7. The predicted octanol–water partition coefficient (Wildman–Crippen LogP) is 19.6. The first-order valence-corrected chi connectivity index (χ1v) is 31.3. The van der Waals surface area contributed by atoms with Crippen LogP contribution in [0.25, 0.3) is 33.1 Å². The Kier molecular flexibility index (Phi) is 10.9. The lowest BCUT2D eigenvalue weighted by Crippen LogP contribution is -2.62. The highest BCUT2D eigenvalue weighted by Gasteiger charge is 2.62. The summed E-state index contributed by atoms with van der Waals surface area (Å²) in [6.45, 7) is 34.9. The van der Waals surface area contributed by atoms with E-state index in [4.69, 9.17) is 4.42 Å². The van der Waals surface area contributed by atoms with E-state index in [-0.39, 0.29) is 44.6 Å². The molecule has 414 valence electrons. The van der Waals surface area contributed by atoms with Crippen molar-refractivity contribution >= 4 is 79.2 Å². The van der Waals surface area contributed by atoms with E-state index >= 15 is 0 Å². The molecule has 1 saturated carbocycles. The largest absolute Gasteiger partial charge is 0.454 e. The van der Waals surface area contributed by atoms with Crippen molar-refractivity contribution in [2.45, 2.75) is 187 Å². The number of benzene rings is 8. The number of hydrogen-bond acceptors (Lipinski definition) is 3. The molecule has 2 aliphatic heterocycles. The van der Waals surface area contributed by atoms with Gasteiger partial charge >= 0.3 is 0 Å². The lowest BCUT2D eigenvalue weighted by molar-refractivity contribution is 0.0925. The molecule has 15 rings (SSSR count). The van der Waals surface area contributed by atoms with E-state index in [1.54, 1.807) is 16.7 Å². The molecule has 4 aliphatic carbocycles. The number of anilines is 6. The summed E-state index contributed by atoms with van der Waals surface area (Å²) in [5.74, 6) is 0.305. The molecular formula is C78H83BN2O. The van der Waals surface area contributed by atoms with Crippen molar-refractivity contribution in [3.8, 4) is 11.1 Å². The minimum atomic E-state index is -0.0278. The Balaban J connectivity index is 1.08. The summed E-state index contributed by atoms with van der Waals surface area (Å²) in [6.07, 6.45) is 9.66. The van der Waals surface area contributed by atoms with Crippen LogP contribution in [0.5, 0.6) is 0 Å². The van der Waals surface area contributed by atoms with Crippen LogP contribution in [0.3, 0.4) is 0 Å². The molecule has 8 aromatic carbocycles. The zero-order valence-corrected chi connectivity index (χ0v) is 51.5. The van der Waals surface area contributed by atoms with E-state index in [1.165, 1.54) is 110 Å². The second kappa shape index (κ2) is 17.2. The van der Waals surface area contributed by atoms with Gasteiger partial charge in [0, 0.05) is 45.0 Å². The van der Waals surface area contributed by atoms with Crippen LogP contribution in [-0.4, -0.2) is 6.71 Å². The van der Waals surface area contributed by atoms with Gasteiger partial charge in [-0.2, -0.15) is 0 Å². The number of hydrogen-bond donors (Lipinski definition) is 0. The van der Waals surface area contributed by atoms with Crippen molar-refractivity contribution in [1.82, 2.24) is 0 Å². The zero-order chi connectivity index (χ0) is 57.0. The van der Waals surface area contributed by atoms with Gasteiger partial charge in [0.05, 0.1) is 11.4 Å². The standard InChI is InChI=1S/C78H83BN2O/c1-47-39-55-69-68-60(77(13)33-20-21-34-78(69,77)14)41-49(72(2,3)4)42-62(68)79-61-32-30-51(44-65(61)81(66(40-47)70(55)79)64-46-59-58(75(9,10)37-38-76(59,11)12)45-54(64)48-23-16-15-17-24-48)80(50-29-31-56-57(43-50)74(7,8)36-35-73(56,5)6)63-27-22-26-53-52-25-18-19-28-67(52)82-71(53)63/h15-19,22-32,39-46,69H,20-21,33-38H2,1-14H3. The van der Waals surface area contributed by atoms with Gasteiger partial charge in [-0.05, 0) is 205 Å². The molecule has 1 aromatic heterocycles. The first-order chi connectivity index (χ1) is 38.9. The number of rotatable bonds is 5. The van der Waals surface area contributed by atoms with Gasteiger partial charge in [0.15, 0.2) is 5.58 Å². The molecule has 6 aliphatic rings. The van der Waals surface area contributed by atoms with Crippen LogP contribution in [0.4, 0.5) is 34.1 Å². The monoisotopic (exact) mass is 1070 g/mol. The fourth-order valence-electron chi connectivity index (χ4n) is 17.6. The van der Waals surface area contributed by atoms with Gasteiger partial charge in [0.25, 0.3) is 0 Å². The molecule has 0 bridgehead atoms. The second-order valence-corrected chi connectivity index (χ2v) is 30.6. The van der Waals surface area contributed by atoms with Crippen molar-refractivity contribution in [1.29, 1.82) is 0 Å². The molecule has 9 aromatic rings. The lowest BCUT2D eigenvalue weighted by atomic mass is 9.30. The zero-order valence-electron chi connectivity index (χ0n) is 51.5. The van der Waals surface area contributed by atoms with E-state index < -0.39 is 0 Å². The first-order valence-electron chi connectivity index (χ1n) is 31.3. The molecule has 3 heterocycles. The van der Waals surface area contributed by atoms with Gasteiger partial charge in [-0.1, -0.05) is 199 Å². The van der Waals surface area contributed by atoms with Crippen molar-refractivity contribution < 1.29 is 4.42 Å². The summed E-state index contributed by atoms with van der Waals surface area (Å²) in [5, 5.41) is 2.27. The van der Waals surface area contributed by atoms with Crippen LogP contribution in [0.2, 0.25) is 0 Å². The fourth-order valence-corrected chi connectivity index (χ4v) is 17.6. The van der Waals surface area contributed by atoms with Gasteiger partial charge in [-0.15, -0.1) is 0 Å². The highest BCUT2D eigenvalue weighted by molar-refractivity contribution is 6.99. The minimum Gasteiger partial charge on any atom is -0.454 e. The summed E-state index contributed by atoms with van der Waals surface area (Å²) >= 11 is 0. The van der Waals surface area contributed by atoms with Crippen LogP contribution < -0.4 is 26.2 Å². The molecule has 0 spiro atoms. The third-order valence-electron chi connectivity index (χ3n) is 22.8. The molecule has 0 amide bonds. The molecule has 3 nitrogen and oxygen atoms in total. The van der Waals surface area contributed by atoms with Crippen LogP contribution in [0.15, 0.2) is 150 Å². The predicted molar refractivity (Wildman–Crippen MR) is 349 cm³/mol. The number of aryl methyl sites for hydroxylation is 1. The van der Waals surface area contributed by atoms with Crippen molar-refractivity contribution in [3.05, 3.63) is 196 Å². The molecular weight excluding hydrogens is 992 g/mol. The Bertz CT molecular complexity index is 4180. The number of fused-ring (bicyclic) bond motifs is 12. The highest BCUT2D eigenvalue weighted by atomic mass is 16.3. The first kappa shape index (κ1) is 52.1. The molecule has 4 heteroatoms.